The van der Waals surface area contributed by atoms with Gasteiger partial charge >= 0.3 is 5.97 Å². The molecule has 0 atom stereocenters. The zero-order valence-corrected chi connectivity index (χ0v) is 13.0. The fourth-order valence-electron chi connectivity index (χ4n) is 2.21. The largest absolute Gasteiger partial charge is 0.469 e. The van der Waals surface area contributed by atoms with Gasteiger partial charge in [-0.3, -0.25) is 9.59 Å². The van der Waals surface area contributed by atoms with Crippen molar-refractivity contribution in [2.45, 2.75) is 13.3 Å². The summed E-state index contributed by atoms with van der Waals surface area (Å²) in [4.78, 5) is 23.5. The third kappa shape index (κ3) is 4.36. The monoisotopic (exact) mass is 312 g/mol. The fourth-order valence-corrected chi connectivity index (χ4v) is 2.21. The quantitative estimate of drug-likeness (QED) is 0.361. The fraction of sp³-hybridized carbons (Fsp3) is 0.158. The maximum Gasteiger partial charge on any atom is 0.313 e. The van der Waals surface area contributed by atoms with Crippen molar-refractivity contribution < 1.29 is 18.7 Å². The lowest BCUT2D eigenvalue weighted by Crippen LogP contribution is -2.11. The van der Waals surface area contributed by atoms with Crippen LogP contribution in [0.1, 0.15) is 34.8 Å². The second-order valence-corrected chi connectivity index (χ2v) is 5.10. The molecule has 2 rings (SSSR count). The molecule has 0 aliphatic carbocycles. The van der Waals surface area contributed by atoms with Crippen molar-refractivity contribution in [1.82, 2.24) is 0 Å². The molecule has 118 valence electrons. The van der Waals surface area contributed by atoms with Crippen LogP contribution in [-0.4, -0.2) is 18.9 Å². The summed E-state index contributed by atoms with van der Waals surface area (Å²) < 4.78 is 18.0. The van der Waals surface area contributed by atoms with Crippen LogP contribution >= 0.6 is 0 Å². The molecule has 0 fully saturated rings. The highest BCUT2D eigenvalue weighted by molar-refractivity contribution is 6.08. The molecule has 2 aromatic carbocycles. The lowest BCUT2D eigenvalue weighted by atomic mass is 9.97. The second-order valence-electron chi connectivity index (χ2n) is 5.10. The predicted octanol–water partition coefficient (Wildman–Crippen LogP) is 4.13. The number of rotatable bonds is 5. The van der Waals surface area contributed by atoms with Crippen LogP contribution in [0.2, 0.25) is 0 Å². The van der Waals surface area contributed by atoms with Gasteiger partial charge in [0.05, 0.1) is 7.11 Å². The first-order valence-electron chi connectivity index (χ1n) is 7.14. The van der Waals surface area contributed by atoms with Crippen LogP contribution in [0.15, 0.2) is 48.5 Å². The number of allylic oxidation sites excluding steroid dienone is 1. The smallest absolute Gasteiger partial charge is 0.313 e. The molecule has 0 spiro atoms. The summed E-state index contributed by atoms with van der Waals surface area (Å²) in [7, 11) is 1.21. The Morgan fingerprint density at radius 2 is 1.83 bits per heavy atom. The third-order valence-electron chi connectivity index (χ3n) is 3.45. The highest BCUT2D eigenvalue weighted by Gasteiger charge is 2.16. The van der Waals surface area contributed by atoms with E-state index >= 15 is 0 Å². The van der Waals surface area contributed by atoms with Crippen molar-refractivity contribution in [3.05, 3.63) is 71.0 Å². The van der Waals surface area contributed by atoms with Crippen molar-refractivity contribution in [2.75, 3.05) is 7.11 Å². The molecule has 0 aliphatic rings. The molecule has 0 aromatic heterocycles. The van der Waals surface area contributed by atoms with Crippen molar-refractivity contribution in [3.8, 4) is 0 Å². The highest BCUT2D eigenvalue weighted by Crippen LogP contribution is 2.21. The van der Waals surface area contributed by atoms with Gasteiger partial charge in [-0.25, -0.2) is 4.39 Å². The molecule has 23 heavy (non-hydrogen) atoms. The standard InChI is InChI=1S/C19H17FO3/c1-13(14-6-4-3-5-7-14)10-15-8-9-16(20)11-17(15)18(21)12-19(22)23-2/h3-11H,12H2,1-2H3/b13-10+. The number of esters is 1. The minimum atomic E-state index is -0.644. The topological polar surface area (TPSA) is 43.4 Å². The summed E-state index contributed by atoms with van der Waals surface area (Å²) in [5.41, 5.74) is 2.68. The lowest BCUT2D eigenvalue weighted by molar-refractivity contribution is -0.139. The summed E-state index contributed by atoms with van der Waals surface area (Å²) in [5.74, 6) is -1.63. The van der Waals surface area contributed by atoms with E-state index in [1.165, 1.54) is 19.2 Å². The number of benzene rings is 2. The molecule has 0 unspecified atom stereocenters. The maximum absolute atomic E-state index is 13.5. The van der Waals surface area contributed by atoms with Crippen LogP contribution in [0, 0.1) is 5.82 Å². The van der Waals surface area contributed by atoms with Gasteiger partial charge in [0.1, 0.15) is 12.2 Å². The van der Waals surface area contributed by atoms with Crippen molar-refractivity contribution in [2.24, 2.45) is 0 Å². The average Bonchev–Trinajstić information content (AvgIpc) is 2.56. The summed E-state index contributed by atoms with van der Waals surface area (Å²) in [5, 5.41) is 0. The summed E-state index contributed by atoms with van der Waals surface area (Å²) in [6.07, 6.45) is 1.39. The number of halogens is 1. The third-order valence-corrected chi connectivity index (χ3v) is 3.45. The zero-order chi connectivity index (χ0) is 16.8. The van der Waals surface area contributed by atoms with Gasteiger partial charge in [0.25, 0.3) is 0 Å². The first-order chi connectivity index (χ1) is 11.0. The van der Waals surface area contributed by atoms with Gasteiger partial charge in [0.15, 0.2) is 5.78 Å². The summed E-state index contributed by atoms with van der Waals surface area (Å²) >= 11 is 0. The number of ketones is 1. The van der Waals surface area contributed by atoms with Crippen LogP contribution in [0.25, 0.3) is 11.6 Å². The van der Waals surface area contributed by atoms with Gasteiger partial charge in [0.2, 0.25) is 0 Å². The number of carbonyl (C=O) groups excluding carboxylic acids is 2. The van der Waals surface area contributed by atoms with Gasteiger partial charge in [-0.15, -0.1) is 0 Å². The maximum atomic E-state index is 13.5. The molecule has 0 amide bonds. The minimum absolute atomic E-state index is 0.172. The van der Waals surface area contributed by atoms with E-state index < -0.39 is 24.0 Å². The van der Waals surface area contributed by atoms with Gasteiger partial charge < -0.3 is 4.74 Å². The second kappa shape index (κ2) is 7.49. The predicted molar refractivity (Wildman–Crippen MR) is 87.4 cm³/mol. The Morgan fingerprint density at radius 1 is 1.13 bits per heavy atom. The van der Waals surface area contributed by atoms with Gasteiger partial charge in [-0.2, -0.15) is 0 Å². The molecule has 2 aromatic rings. The molecular weight excluding hydrogens is 295 g/mol. The minimum Gasteiger partial charge on any atom is -0.469 e. The Hall–Kier alpha value is -2.75. The lowest BCUT2D eigenvalue weighted by Gasteiger charge is -2.07. The first-order valence-corrected chi connectivity index (χ1v) is 7.14. The molecule has 0 aliphatic heterocycles. The number of ether oxygens (including phenoxy) is 1. The van der Waals surface area contributed by atoms with E-state index in [1.54, 1.807) is 6.08 Å². The van der Waals surface area contributed by atoms with E-state index in [1.807, 2.05) is 37.3 Å². The molecule has 0 N–H and O–H groups in total. The molecule has 0 saturated carbocycles. The first kappa shape index (κ1) is 16.6. The van der Waals surface area contributed by atoms with Crippen molar-refractivity contribution in [3.63, 3.8) is 0 Å². The van der Waals surface area contributed by atoms with Crippen LogP contribution in [0.3, 0.4) is 0 Å². The zero-order valence-electron chi connectivity index (χ0n) is 13.0. The molecular formula is C19H17FO3. The molecule has 0 saturated heterocycles. The average molecular weight is 312 g/mol. The van der Waals surface area contributed by atoms with E-state index in [9.17, 15) is 14.0 Å². The molecule has 0 radical (unpaired) electrons. The Morgan fingerprint density at radius 3 is 2.48 bits per heavy atom. The van der Waals surface area contributed by atoms with Crippen LogP contribution in [0.5, 0.6) is 0 Å². The van der Waals surface area contributed by atoms with E-state index in [2.05, 4.69) is 4.74 Å². The Labute approximate surface area is 134 Å². The van der Waals surface area contributed by atoms with Crippen LogP contribution < -0.4 is 0 Å². The number of carbonyl (C=O) groups is 2. The van der Waals surface area contributed by atoms with Crippen molar-refractivity contribution >= 4 is 23.4 Å². The van der Waals surface area contributed by atoms with Gasteiger partial charge in [0, 0.05) is 5.56 Å². The SMILES string of the molecule is COC(=O)CC(=O)c1cc(F)ccc1/C=C(\C)c1ccccc1. The molecule has 4 heteroatoms. The van der Waals surface area contributed by atoms with E-state index in [4.69, 9.17) is 0 Å². The highest BCUT2D eigenvalue weighted by atomic mass is 19.1. The Bertz CT molecular complexity index is 748. The van der Waals surface area contributed by atoms with Crippen LogP contribution in [-0.2, 0) is 9.53 Å². The van der Waals surface area contributed by atoms with Gasteiger partial charge in [-0.05, 0) is 35.8 Å². The Balaban J connectivity index is 2.39. The summed E-state index contributed by atoms with van der Waals surface area (Å²) in [6.45, 7) is 1.91. The molecule has 0 heterocycles. The molecule has 3 nitrogen and oxygen atoms in total. The molecule has 0 bridgehead atoms. The van der Waals surface area contributed by atoms with E-state index in [-0.39, 0.29) is 5.56 Å². The number of Topliss-reactive ketones (excluding diaryl/α,β-unsaturated/α-hetero) is 1. The van der Waals surface area contributed by atoms with Crippen LogP contribution in [0.4, 0.5) is 4.39 Å². The number of hydrogen-bond acceptors (Lipinski definition) is 3. The van der Waals surface area contributed by atoms with E-state index in [0.717, 1.165) is 17.2 Å². The Kier molecular flexibility index (Phi) is 5.41. The number of hydrogen-bond donors (Lipinski definition) is 0. The van der Waals surface area contributed by atoms with Gasteiger partial charge in [-0.1, -0.05) is 42.5 Å². The number of methoxy groups -OCH3 is 1. The van der Waals surface area contributed by atoms with E-state index in [0.29, 0.717) is 5.56 Å². The van der Waals surface area contributed by atoms with Crippen molar-refractivity contribution in [1.29, 1.82) is 0 Å². The summed E-state index contributed by atoms with van der Waals surface area (Å²) in [6, 6.07) is 13.6. The normalized spacial score (nSPS) is 11.2.